The first-order chi connectivity index (χ1) is 18.4. The van der Waals surface area contributed by atoms with Crippen LogP contribution >= 0.6 is 11.6 Å². The third-order valence-corrected chi connectivity index (χ3v) is 5.80. The van der Waals surface area contributed by atoms with E-state index in [-0.39, 0.29) is 24.4 Å². The van der Waals surface area contributed by atoms with E-state index < -0.39 is 49.1 Å². The molecule has 210 valence electrons. The summed E-state index contributed by atoms with van der Waals surface area (Å²) in [7, 11) is 1.43. The number of nitrogens with one attached hydrogen (secondary N) is 1. The smallest absolute Gasteiger partial charge is 0.416 e. The summed E-state index contributed by atoms with van der Waals surface area (Å²) < 4.78 is 50.6. The second kappa shape index (κ2) is 12.7. The van der Waals surface area contributed by atoms with Crippen LogP contribution in [-0.4, -0.2) is 57.5 Å². The summed E-state index contributed by atoms with van der Waals surface area (Å²) in [6, 6.07) is 11.7. The molecule has 2 aromatic carbocycles. The van der Waals surface area contributed by atoms with Crippen molar-refractivity contribution >= 4 is 23.6 Å². The zero-order chi connectivity index (χ0) is 28.7. The van der Waals surface area contributed by atoms with Crippen LogP contribution in [0.5, 0.6) is 5.75 Å². The quantitative estimate of drug-likeness (QED) is 0.320. The van der Waals surface area contributed by atoms with Crippen molar-refractivity contribution in [2.24, 2.45) is 5.73 Å². The topological polar surface area (TPSA) is 151 Å². The van der Waals surface area contributed by atoms with Crippen LogP contribution in [0, 0.1) is 0 Å². The number of rotatable bonds is 11. The van der Waals surface area contributed by atoms with E-state index in [9.17, 15) is 32.7 Å². The lowest BCUT2D eigenvalue weighted by Crippen LogP contribution is -2.39. The van der Waals surface area contributed by atoms with E-state index in [0.717, 1.165) is 0 Å². The van der Waals surface area contributed by atoms with E-state index in [2.05, 4.69) is 10.4 Å². The summed E-state index contributed by atoms with van der Waals surface area (Å²) in [5.74, 6) is -0.505. The van der Waals surface area contributed by atoms with Gasteiger partial charge in [0.1, 0.15) is 12.3 Å². The number of primary amides is 1. The second-order valence-corrected chi connectivity index (χ2v) is 8.69. The first-order valence-corrected chi connectivity index (χ1v) is 11.8. The van der Waals surface area contributed by atoms with E-state index in [0.29, 0.717) is 25.6 Å². The van der Waals surface area contributed by atoms with E-state index in [1.165, 1.54) is 31.4 Å². The van der Waals surface area contributed by atoms with Crippen LogP contribution in [0.1, 0.15) is 18.0 Å². The summed E-state index contributed by atoms with van der Waals surface area (Å²) >= 11 is 5.88. The molecule has 0 aliphatic carbocycles. The number of alkyl halides is 3. The second-order valence-electron chi connectivity index (χ2n) is 8.26. The molecule has 0 saturated carbocycles. The Balaban J connectivity index is 1.91. The molecule has 0 saturated heterocycles. The number of aliphatic hydroxyl groups is 1. The lowest BCUT2D eigenvalue weighted by atomic mass is 10.0. The number of benzene rings is 2. The first kappa shape index (κ1) is 29.5. The minimum Gasteiger partial charge on any atom is -0.496 e. The fourth-order valence-corrected chi connectivity index (χ4v) is 3.84. The Bertz CT molecular complexity index is 1360. The fourth-order valence-electron chi connectivity index (χ4n) is 3.71. The maximum absolute atomic E-state index is 13.1. The first-order valence-electron chi connectivity index (χ1n) is 11.4. The average Bonchev–Trinajstić information content (AvgIpc) is 3.17. The Kier molecular flexibility index (Phi) is 9.59. The van der Waals surface area contributed by atoms with E-state index in [4.69, 9.17) is 26.8 Å². The molecule has 0 fully saturated rings. The summed E-state index contributed by atoms with van der Waals surface area (Å²) in [4.78, 5) is 37.0. The molecule has 1 aromatic heterocycles. The standard InChI is InChI=1S/C24H25ClF3N5O6/c1-38-18-5-3-2-4-16(18)17(10-11-39-22(29)36)30-20(35)13-33-23(37)32(12-19(34)24(26,27)28)21(31-33)14-6-8-15(25)9-7-14/h2-9,17,19,34H,10-13H2,1H3,(H2,29,36)(H,30,35)/t17?,19-/m0/s1. The van der Waals surface area contributed by atoms with Crippen LogP contribution in [0.15, 0.2) is 53.3 Å². The molecule has 2 amide bonds. The number of nitrogens with zero attached hydrogens (tertiary/aromatic N) is 3. The van der Waals surface area contributed by atoms with Gasteiger partial charge in [-0.1, -0.05) is 29.8 Å². The molecule has 39 heavy (non-hydrogen) atoms. The molecule has 4 N–H and O–H groups in total. The minimum atomic E-state index is -4.99. The molecule has 0 aliphatic rings. The van der Waals surface area contributed by atoms with Gasteiger partial charge in [0.15, 0.2) is 11.9 Å². The molecule has 1 unspecified atom stereocenters. The van der Waals surface area contributed by atoms with Gasteiger partial charge in [-0.25, -0.2) is 14.3 Å². The number of carbonyl (C=O) groups is 2. The summed E-state index contributed by atoms with van der Waals surface area (Å²) in [6.07, 6.45) is -8.77. The van der Waals surface area contributed by atoms with Crippen LogP contribution < -0.4 is 21.5 Å². The molecule has 1 heterocycles. The van der Waals surface area contributed by atoms with Gasteiger partial charge in [-0.05, 0) is 30.3 Å². The molecule has 11 nitrogen and oxygen atoms in total. The highest BCUT2D eigenvalue weighted by atomic mass is 35.5. The fraction of sp³-hybridized carbons (Fsp3) is 0.333. The number of aliphatic hydroxyl groups excluding tert-OH is 1. The Morgan fingerprint density at radius 3 is 2.46 bits per heavy atom. The van der Waals surface area contributed by atoms with Crippen LogP contribution in [-0.2, 0) is 22.6 Å². The number of hydrogen-bond donors (Lipinski definition) is 3. The molecule has 15 heteroatoms. The number of para-hydroxylation sites is 1. The molecule has 2 atom stereocenters. The molecule has 0 spiro atoms. The van der Waals surface area contributed by atoms with Gasteiger partial charge in [0.05, 0.1) is 26.3 Å². The van der Waals surface area contributed by atoms with Crippen molar-refractivity contribution in [1.29, 1.82) is 0 Å². The van der Waals surface area contributed by atoms with E-state index >= 15 is 0 Å². The highest BCUT2D eigenvalue weighted by Gasteiger charge is 2.39. The van der Waals surface area contributed by atoms with Crippen molar-refractivity contribution in [3.05, 3.63) is 69.6 Å². The third kappa shape index (κ3) is 7.74. The molecule has 0 aliphatic heterocycles. The largest absolute Gasteiger partial charge is 0.496 e. The molecule has 3 rings (SSSR count). The maximum Gasteiger partial charge on any atom is 0.416 e. The van der Waals surface area contributed by atoms with Gasteiger partial charge < -0.3 is 25.6 Å². The number of methoxy groups -OCH3 is 1. The van der Waals surface area contributed by atoms with Crippen molar-refractivity contribution in [3.63, 3.8) is 0 Å². The van der Waals surface area contributed by atoms with Gasteiger partial charge in [0, 0.05) is 22.6 Å². The van der Waals surface area contributed by atoms with Gasteiger partial charge in [-0.15, -0.1) is 5.10 Å². The number of aromatic nitrogens is 3. The van der Waals surface area contributed by atoms with Crippen LogP contribution in [0.3, 0.4) is 0 Å². The number of ether oxygens (including phenoxy) is 2. The third-order valence-electron chi connectivity index (χ3n) is 5.55. The molecular weight excluding hydrogens is 547 g/mol. The predicted molar refractivity (Wildman–Crippen MR) is 133 cm³/mol. The van der Waals surface area contributed by atoms with E-state index in [1.54, 1.807) is 24.3 Å². The van der Waals surface area contributed by atoms with Crippen molar-refractivity contribution in [2.45, 2.75) is 37.8 Å². The summed E-state index contributed by atoms with van der Waals surface area (Å²) in [6.45, 7) is -1.96. The molecule has 0 radical (unpaired) electrons. The monoisotopic (exact) mass is 571 g/mol. The predicted octanol–water partition coefficient (Wildman–Crippen LogP) is 2.64. The van der Waals surface area contributed by atoms with Crippen LogP contribution in [0.2, 0.25) is 5.02 Å². The normalized spacial score (nSPS) is 13.0. The zero-order valence-electron chi connectivity index (χ0n) is 20.5. The molecule has 0 bridgehead atoms. The van der Waals surface area contributed by atoms with Crippen molar-refractivity contribution in [1.82, 2.24) is 19.7 Å². The number of amides is 2. The lowest BCUT2D eigenvalue weighted by molar-refractivity contribution is -0.207. The number of nitrogens with two attached hydrogens (primary N) is 1. The highest BCUT2D eigenvalue weighted by Crippen LogP contribution is 2.27. The number of hydrogen-bond acceptors (Lipinski definition) is 7. The zero-order valence-corrected chi connectivity index (χ0v) is 21.3. The minimum absolute atomic E-state index is 0.0895. The Hall–Kier alpha value is -4.04. The van der Waals surface area contributed by atoms with Gasteiger partial charge in [-0.3, -0.25) is 9.36 Å². The van der Waals surface area contributed by atoms with Gasteiger partial charge in [0.2, 0.25) is 5.91 Å². The number of halogens is 4. The summed E-state index contributed by atoms with van der Waals surface area (Å²) in [5.41, 5.74) is 4.73. The molecule has 3 aromatic rings. The molecular formula is C24H25ClF3N5O6. The van der Waals surface area contributed by atoms with Gasteiger partial charge in [-0.2, -0.15) is 13.2 Å². The lowest BCUT2D eigenvalue weighted by Gasteiger charge is -2.21. The van der Waals surface area contributed by atoms with Crippen LogP contribution in [0.4, 0.5) is 18.0 Å². The Morgan fingerprint density at radius 1 is 1.18 bits per heavy atom. The Morgan fingerprint density at radius 2 is 1.85 bits per heavy atom. The van der Waals surface area contributed by atoms with Crippen molar-refractivity contribution in [2.75, 3.05) is 13.7 Å². The van der Waals surface area contributed by atoms with Crippen molar-refractivity contribution in [3.8, 4) is 17.1 Å². The van der Waals surface area contributed by atoms with Crippen molar-refractivity contribution < 1.29 is 37.3 Å². The Labute approximate surface area is 224 Å². The maximum atomic E-state index is 13.1. The van der Waals surface area contributed by atoms with Crippen LogP contribution in [0.25, 0.3) is 11.4 Å². The van der Waals surface area contributed by atoms with Gasteiger partial charge >= 0.3 is 18.0 Å². The van der Waals surface area contributed by atoms with Gasteiger partial charge in [0.25, 0.3) is 0 Å². The average molecular weight is 572 g/mol. The SMILES string of the molecule is COc1ccccc1C(CCOC(N)=O)NC(=O)Cn1nc(-c2ccc(Cl)cc2)n(C[C@H](O)C(F)(F)F)c1=O. The summed E-state index contributed by atoms with van der Waals surface area (Å²) in [5, 5.41) is 16.7. The van der Waals surface area contributed by atoms with E-state index in [1.807, 2.05) is 0 Å². The number of carbonyl (C=O) groups excluding carboxylic acids is 2. The highest BCUT2D eigenvalue weighted by molar-refractivity contribution is 6.30.